The summed E-state index contributed by atoms with van der Waals surface area (Å²) in [6, 6.07) is 12.7. The molecule has 0 aliphatic carbocycles. The molecule has 10 heteroatoms. The van der Waals surface area contributed by atoms with Gasteiger partial charge in [-0.05, 0) is 12.1 Å². The number of aromatic hydroxyl groups is 1. The number of guanidine groups is 1. The summed E-state index contributed by atoms with van der Waals surface area (Å²) in [5.74, 6) is 0.242. The predicted molar refractivity (Wildman–Crippen MR) is 122 cm³/mol. The molecule has 2 aromatic carbocycles. The van der Waals surface area contributed by atoms with Gasteiger partial charge in [0.2, 0.25) is 5.96 Å². The van der Waals surface area contributed by atoms with E-state index in [0.29, 0.717) is 53.8 Å². The van der Waals surface area contributed by atoms with Crippen LogP contribution in [0.1, 0.15) is 11.1 Å². The summed E-state index contributed by atoms with van der Waals surface area (Å²) in [4.78, 5) is 6.06. The van der Waals surface area contributed by atoms with Crippen LogP contribution in [-0.4, -0.2) is 54.5 Å². The minimum atomic E-state index is -0.337. The van der Waals surface area contributed by atoms with Gasteiger partial charge in [-0.15, -0.1) is 0 Å². The van der Waals surface area contributed by atoms with Crippen molar-refractivity contribution in [2.45, 2.75) is 0 Å². The van der Waals surface area contributed by atoms with E-state index in [-0.39, 0.29) is 23.1 Å². The Labute approximate surface area is 192 Å². The molecule has 0 atom stereocenters. The van der Waals surface area contributed by atoms with Gasteiger partial charge in [0.25, 0.3) is 0 Å². The Bertz CT molecular complexity index is 1060. The van der Waals surface area contributed by atoms with E-state index in [9.17, 15) is 9.50 Å². The molecule has 0 bridgehead atoms. The van der Waals surface area contributed by atoms with Gasteiger partial charge in [-0.3, -0.25) is 0 Å². The first-order chi connectivity index (χ1) is 15.0. The minimum absolute atomic E-state index is 0.0900. The zero-order chi connectivity index (χ0) is 21.8. The first-order valence-electron chi connectivity index (χ1n) is 9.63. The topological polar surface area (TPSA) is 81.5 Å². The van der Waals surface area contributed by atoms with E-state index >= 15 is 0 Å². The second-order valence-corrected chi connectivity index (χ2v) is 8.19. The zero-order valence-corrected chi connectivity index (χ0v) is 18.7. The third-order valence-electron chi connectivity index (χ3n) is 4.80. The summed E-state index contributed by atoms with van der Waals surface area (Å²) in [6.45, 7) is 2.17. The summed E-state index contributed by atoms with van der Waals surface area (Å²) in [5, 5.41) is 18.2. The van der Waals surface area contributed by atoms with E-state index in [1.54, 1.807) is 12.1 Å². The van der Waals surface area contributed by atoms with Crippen LogP contribution in [0.15, 0.2) is 68.7 Å². The van der Waals surface area contributed by atoms with E-state index in [4.69, 9.17) is 16.3 Å². The van der Waals surface area contributed by atoms with Crippen LogP contribution >= 0.6 is 27.5 Å². The molecule has 0 saturated carbocycles. The van der Waals surface area contributed by atoms with Crippen LogP contribution in [0.5, 0.6) is 5.75 Å². The fourth-order valence-corrected chi connectivity index (χ4v) is 4.08. The van der Waals surface area contributed by atoms with Gasteiger partial charge in [-0.1, -0.05) is 57.9 Å². The second kappa shape index (κ2) is 9.67. The Balaban J connectivity index is 1.62. The third kappa shape index (κ3) is 5.00. The van der Waals surface area contributed by atoms with Crippen molar-refractivity contribution in [3.63, 3.8) is 0 Å². The van der Waals surface area contributed by atoms with Gasteiger partial charge in [0.15, 0.2) is 5.83 Å². The smallest absolute Gasteiger partial charge is 0.218 e. The van der Waals surface area contributed by atoms with Crippen molar-refractivity contribution in [3.05, 3.63) is 74.7 Å². The van der Waals surface area contributed by atoms with Crippen LogP contribution in [0.2, 0.25) is 5.02 Å². The Morgan fingerprint density at radius 3 is 2.74 bits per heavy atom. The first-order valence-corrected chi connectivity index (χ1v) is 10.8. The fourth-order valence-electron chi connectivity index (χ4n) is 3.28. The normalized spacial score (nSPS) is 17.3. The maximum atomic E-state index is 14.4. The third-order valence-corrected chi connectivity index (χ3v) is 5.55. The SMILES string of the molecule is Oc1c(Cl)cc(Br)cc1/C(=N/NC1=NCC(F)=C(N2CCOCC2)N1)c1ccccc1. The molecule has 2 aliphatic heterocycles. The Hall–Kier alpha value is -2.62. The molecule has 2 heterocycles. The summed E-state index contributed by atoms with van der Waals surface area (Å²) in [6.07, 6.45) is 0. The molecule has 1 saturated heterocycles. The Morgan fingerprint density at radius 2 is 2.00 bits per heavy atom. The van der Waals surface area contributed by atoms with Crippen molar-refractivity contribution >= 4 is 39.2 Å². The number of rotatable bonds is 4. The molecular weight excluding hydrogens is 489 g/mol. The van der Waals surface area contributed by atoms with Crippen LogP contribution < -0.4 is 10.7 Å². The van der Waals surface area contributed by atoms with Crippen molar-refractivity contribution in [1.82, 2.24) is 15.6 Å². The number of phenolic OH excluding ortho intramolecular Hbond substituents is 1. The van der Waals surface area contributed by atoms with Gasteiger partial charge in [0.05, 0.1) is 24.8 Å². The molecular formula is C21H20BrClFN5O2. The van der Waals surface area contributed by atoms with E-state index < -0.39 is 0 Å². The molecule has 2 aromatic rings. The largest absolute Gasteiger partial charge is 0.506 e. The zero-order valence-electron chi connectivity index (χ0n) is 16.4. The highest BCUT2D eigenvalue weighted by Gasteiger charge is 2.23. The number of nitrogens with one attached hydrogen (secondary N) is 2. The lowest BCUT2D eigenvalue weighted by Gasteiger charge is -2.33. The average molecular weight is 509 g/mol. The van der Waals surface area contributed by atoms with E-state index in [0.717, 1.165) is 5.56 Å². The fraction of sp³-hybridized carbons (Fsp3) is 0.238. The molecule has 1 fully saturated rings. The quantitative estimate of drug-likeness (QED) is 0.434. The summed E-state index contributed by atoms with van der Waals surface area (Å²) in [7, 11) is 0. The van der Waals surface area contributed by atoms with Crippen LogP contribution in [-0.2, 0) is 4.74 Å². The molecule has 3 N–H and O–H groups in total. The molecule has 0 unspecified atom stereocenters. The van der Waals surface area contributed by atoms with Gasteiger partial charge < -0.3 is 20.1 Å². The van der Waals surface area contributed by atoms with E-state index in [1.807, 2.05) is 35.2 Å². The Kier molecular flexibility index (Phi) is 6.74. The highest BCUT2D eigenvalue weighted by molar-refractivity contribution is 9.10. The molecule has 7 nitrogen and oxygen atoms in total. The van der Waals surface area contributed by atoms with Crippen molar-refractivity contribution in [1.29, 1.82) is 0 Å². The van der Waals surface area contributed by atoms with Gasteiger partial charge in [-0.2, -0.15) is 5.10 Å². The molecule has 0 aromatic heterocycles. The number of hydrazone groups is 1. The van der Waals surface area contributed by atoms with Crippen molar-refractivity contribution in [3.8, 4) is 5.75 Å². The van der Waals surface area contributed by atoms with Gasteiger partial charge in [0.1, 0.15) is 17.3 Å². The maximum absolute atomic E-state index is 14.4. The highest BCUT2D eigenvalue weighted by Crippen LogP contribution is 2.33. The van der Waals surface area contributed by atoms with Gasteiger partial charge >= 0.3 is 0 Å². The molecule has 2 aliphatic rings. The summed E-state index contributed by atoms with van der Waals surface area (Å²) in [5.41, 5.74) is 4.52. The lowest BCUT2D eigenvalue weighted by molar-refractivity contribution is 0.0498. The number of morpholine rings is 1. The second-order valence-electron chi connectivity index (χ2n) is 6.86. The van der Waals surface area contributed by atoms with Crippen molar-refractivity contribution in [2.24, 2.45) is 10.1 Å². The van der Waals surface area contributed by atoms with Crippen LogP contribution in [0.25, 0.3) is 0 Å². The maximum Gasteiger partial charge on any atom is 0.218 e. The first kappa shape index (κ1) is 21.6. The van der Waals surface area contributed by atoms with E-state index in [1.165, 1.54) is 0 Å². The van der Waals surface area contributed by atoms with Crippen LogP contribution in [0.3, 0.4) is 0 Å². The van der Waals surface area contributed by atoms with Gasteiger partial charge in [0, 0.05) is 28.7 Å². The number of phenols is 1. The van der Waals surface area contributed by atoms with Crippen molar-refractivity contribution in [2.75, 3.05) is 32.8 Å². The van der Waals surface area contributed by atoms with Crippen LogP contribution in [0, 0.1) is 0 Å². The molecule has 31 heavy (non-hydrogen) atoms. The molecule has 0 amide bonds. The van der Waals surface area contributed by atoms with E-state index in [2.05, 4.69) is 36.8 Å². The molecule has 0 radical (unpaired) electrons. The summed E-state index contributed by atoms with van der Waals surface area (Å²) >= 11 is 9.57. The monoisotopic (exact) mass is 507 g/mol. The Morgan fingerprint density at radius 1 is 1.26 bits per heavy atom. The standard InChI is InChI=1S/C21H20BrClFN5O2/c22-14-10-15(19(30)16(23)11-14)18(13-4-2-1-3-5-13)27-28-21-25-12-17(24)20(26-21)29-6-8-31-9-7-29/h1-5,10-11,30H,6-9,12H2,(H2,25,26,28)/b27-18+. The molecule has 4 rings (SSSR count). The summed E-state index contributed by atoms with van der Waals surface area (Å²) < 4.78 is 20.4. The highest BCUT2D eigenvalue weighted by atomic mass is 79.9. The van der Waals surface area contributed by atoms with Gasteiger partial charge in [-0.25, -0.2) is 14.8 Å². The lowest BCUT2D eigenvalue weighted by atomic mass is 10.0. The number of hydrogen-bond acceptors (Lipinski definition) is 7. The number of aliphatic imine (C=N–C) groups is 1. The van der Waals surface area contributed by atoms with Crippen molar-refractivity contribution < 1.29 is 14.2 Å². The number of benzene rings is 2. The number of halogens is 3. The molecule has 162 valence electrons. The lowest BCUT2D eigenvalue weighted by Crippen LogP contribution is -2.47. The number of ether oxygens (including phenoxy) is 1. The number of nitrogens with zero attached hydrogens (tertiary/aromatic N) is 3. The van der Waals surface area contributed by atoms with Crippen LogP contribution in [0.4, 0.5) is 4.39 Å². The average Bonchev–Trinajstić information content (AvgIpc) is 2.79. The molecule has 0 spiro atoms. The number of hydrogen-bond donors (Lipinski definition) is 3. The predicted octanol–water partition coefficient (Wildman–Crippen LogP) is 3.58. The minimum Gasteiger partial charge on any atom is -0.506 e.